The quantitative estimate of drug-likeness (QED) is 0.525. The summed E-state index contributed by atoms with van der Waals surface area (Å²) in [7, 11) is 1.87. The van der Waals surface area contributed by atoms with Crippen LogP contribution in [-0.4, -0.2) is 34.9 Å². The molecule has 1 amide bonds. The zero-order valence-corrected chi connectivity index (χ0v) is 16.5. The van der Waals surface area contributed by atoms with E-state index in [4.69, 9.17) is 4.74 Å². The molecule has 0 aliphatic rings. The summed E-state index contributed by atoms with van der Waals surface area (Å²) in [6, 6.07) is 7.19. The Bertz CT molecular complexity index is 761. The highest BCUT2D eigenvalue weighted by Crippen LogP contribution is 2.24. The third-order valence-electron chi connectivity index (χ3n) is 3.18. The predicted octanol–water partition coefficient (Wildman–Crippen LogP) is 3.55. The number of carbonyl (C=O) groups is 1. The van der Waals surface area contributed by atoms with Gasteiger partial charge in [0.15, 0.2) is 5.16 Å². The van der Waals surface area contributed by atoms with E-state index >= 15 is 0 Å². The molecule has 0 saturated heterocycles. The van der Waals surface area contributed by atoms with E-state index < -0.39 is 6.09 Å². The summed E-state index contributed by atoms with van der Waals surface area (Å²) in [6.45, 7) is 6.33. The Kier molecular flexibility index (Phi) is 6.82. The summed E-state index contributed by atoms with van der Waals surface area (Å²) in [5.74, 6) is 1.17. The van der Waals surface area contributed by atoms with Crippen LogP contribution in [0, 0.1) is 0 Å². The average molecular weight is 375 g/mol. The van der Waals surface area contributed by atoms with Crippen LogP contribution in [0.3, 0.4) is 0 Å². The minimum absolute atomic E-state index is 0.357. The van der Waals surface area contributed by atoms with Gasteiger partial charge in [-0.1, -0.05) is 17.8 Å². The van der Waals surface area contributed by atoms with Crippen molar-refractivity contribution in [3.8, 4) is 5.75 Å². The van der Waals surface area contributed by atoms with Crippen LogP contribution in [0.2, 0.25) is 0 Å². The van der Waals surface area contributed by atoms with E-state index in [1.54, 1.807) is 18.3 Å². The topological polar surface area (TPSA) is 88.2 Å². The maximum absolute atomic E-state index is 11.9. The molecule has 2 aromatic rings. The maximum Gasteiger partial charge on any atom is 0.413 e. The van der Waals surface area contributed by atoms with Crippen molar-refractivity contribution < 1.29 is 9.53 Å². The number of ether oxygens (including phenoxy) is 1. The molecule has 0 radical (unpaired) electrons. The highest BCUT2D eigenvalue weighted by Gasteiger charge is 2.15. The Hall–Kier alpha value is -2.32. The molecular weight excluding hydrogens is 350 g/mol. The van der Waals surface area contributed by atoms with Crippen LogP contribution in [0.5, 0.6) is 5.75 Å². The fraction of sp³-hybridized carbons (Fsp3) is 0.389. The monoisotopic (exact) mass is 375 g/mol. The highest BCUT2D eigenvalue weighted by atomic mass is 32.2. The second-order valence-corrected chi connectivity index (χ2v) is 7.45. The van der Waals surface area contributed by atoms with E-state index in [9.17, 15) is 4.79 Å². The minimum atomic E-state index is -0.489. The van der Waals surface area contributed by atoms with E-state index in [2.05, 4.69) is 25.9 Å². The number of carbonyl (C=O) groups excluding carboxylic acids is 1. The normalized spacial score (nSPS) is 11.1. The molecule has 0 spiro atoms. The highest BCUT2D eigenvalue weighted by molar-refractivity contribution is 7.98. The summed E-state index contributed by atoms with van der Waals surface area (Å²) in [6.07, 6.45) is 3.24. The number of rotatable bonds is 6. The second-order valence-electron chi connectivity index (χ2n) is 6.68. The van der Waals surface area contributed by atoms with Gasteiger partial charge in [-0.15, -0.1) is 0 Å². The lowest BCUT2D eigenvalue weighted by Crippen LogP contribution is -2.42. The number of nitrogens with zero attached hydrogens (tertiary/aromatic N) is 2. The molecule has 26 heavy (non-hydrogen) atoms. The summed E-state index contributed by atoms with van der Waals surface area (Å²) >= 11 is 1.48. The standard InChI is InChI=1S/C18H25N5O2S/c1-18(2,3)23-17(24)25-14-8-6-7-13(9-14)21-15-12(10-19-4)11-20-16(22-15)26-5/h6-9,11,19H,10H2,1-5H3,(H,23,24)(H,20,21,22). The SMILES string of the molecule is CNCc1cnc(SC)nc1Nc1cccc(OC(=O)NC(C)(C)C)c1. The fourth-order valence-electron chi connectivity index (χ4n) is 2.13. The molecule has 8 heteroatoms. The number of amides is 1. The predicted molar refractivity (Wildman–Crippen MR) is 105 cm³/mol. The lowest BCUT2D eigenvalue weighted by Gasteiger charge is -2.20. The summed E-state index contributed by atoms with van der Waals surface area (Å²) < 4.78 is 5.35. The van der Waals surface area contributed by atoms with Gasteiger partial charge >= 0.3 is 6.09 Å². The first-order valence-corrected chi connectivity index (χ1v) is 9.45. The van der Waals surface area contributed by atoms with Crippen LogP contribution in [0.25, 0.3) is 0 Å². The molecule has 1 aromatic carbocycles. The number of thioether (sulfide) groups is 1. The van der Waals surface area contributed by atoms with Crippen molar-refractivity contribution in [2.45, 2.75) is 38.0 Å². The van der Waals surface area contributed by atoms with Crippen molar-refractivity contribution in [3.05, 3.63) is 36.0 Å². The molecule has 140 valence electrons. The number of aromatic nitrogens is 2. The fourth-order valence-corrected chi connectivity index (χ4v) is 2.47. The van der Waals surface area contributed by atoms with Crippen molar-refractivity contribution in [1.29, 1.82) is 0 Å². The van der Waals surface area contributed by atoms with Crippen LogP contribution in [0.15, 0.2) is 35.6 Å². The smallest absolute Gasteiger partial charge is 0.410 e. The van der Waals surface area contributed by atoms with E-state index in [-0.39, 0.29) is 5.54 Å². The molecule has 0 atom stereocenters. The number of anilines is 2. The Labute approximate surface area is 158 Å². The lowest BCUT2D eigenvalue weighted by molar-refractivity contribution is 0.190. The van der Waals surface area contributed by atoms with Crippen LogP contribution < -0.4 is 20.7 Å². The third kappa shape index (κ3) is 6.20. The Balaban J connectivity index is 2.17. The molecular formula is C18H25N5O2S. The second kappa shape index (κ2) is 8.86. The molecule has 1 heterocycles. The molecule has 0 fully saturated rings. The van der Waals surface area contributed by atoms with Gasteiger partial charge in [0.2, 0.25) is 0 Å². The zero-order valence-electron chi connectivity index (χ0n) is 15.7. The van der Waals surface area contributed by atoms with E-state index in [1.807, 2.05) is 46.2 Å². The first kappa shape index (κ1) is 20.0. The van der Waals surface area contributed by atoms with Gasteiger partial charge in [0.05, 0.1) is 0 Å². The van der Waals surface area contributed by atoms with Gasteiger partial charge in [0.25, 0.3) is 0 Å². The number of hydrogen-bond acceptors (Lipinski definition) is 7. The average Bonchev–Trinajstić information content (AvgIpc) is 2.55. The van der Waals surface area contributed by atoms with E-state index in [0.29, 0.717) is 17.5 Å². The van der Waals surface area contributed by atoms with Gasteiger partial charge < -0.3 is 20.7 Å². The van der Waals surface area contributed by atoms with Crippen molar-refractivity contribution in [3.63, 3.8) is 0 Å². The number of hydrogen-bond donors (Lipinski definition) is 3. The molecule has 2 rings (SSSR count). The molecule has 0 bridgehead atoms. The van der Waals surface area contributed by atoms with Gasteiger partial charge in [-0.05, 0) is 46.2 Å². The van der Waals surface area contributed by atoms with Crippen LogP contribution in [0.1, 0.15) is 26.3 Å². The number of benzene rings is 1. The van der Waals surface area contributed by atoms with Crippen LogP contribution >= 0.6 is 11.8 Å². The Morgan fingerprint density at radius 1 is 1.31 bits per heavy atom. The minimum Gasteiger partial charge on any atom is -0.410 e. The van der Waals surface area contributed by atoms with Crippen molar-refractivity contribution >= 4 is 29.4 Å². The van der Waals surface area contributed by atoms with Crippen LogP contribution in [0.4, 0.5) is 16.3 Å². The first-order chi connectivity index (χ1) is 12.3. The largest absolute Gasteiger partial charge is 0.413 e. The Morgan fingerprint density at radius 2 is 2.08 bits per heavy atom. The molecule has 7 nitrogen and oxygen atoms in total. The summed E-state index contributed by atoms with van der Waals surface area (Å²) in [5, 5.41) is 9.83. The van der Waals surface area contributed by atoms with Gasteiger partial charge in [0, 0.05) is 35.6 Å². The van der Waals surface area contributed by atoms with Crippen LogP contribution in [-0.2, 0) is 6.54 Å². The van der Waals surface area contributed by atoms with Gasteiger partial charge in [-0.2, -0.15) is 0 Å². The van der Waals surface area contributed by atoms with Gasteiger partial charge in [-0.3, -0.25) is 0 Å². The third-order valence-corrected chi connectivity index (χ3v) is 3.74. The molecule has 0 saturated carbocycles. The molecule has 1 aromatic heterocycles. The summed E-state index contributed by atoms with van der Waals surface area (Å²) in [4.78, 5) is 20.8. The summed E-state index contributed by atoms with van der Waals surface area (Å²) in [5.41, 5.74) is 1.36. The molecule has 3 N–H and O–H groups in total. The van der Waals surface area contributed by atoms with Gasteiger partial charge in [-0.25, -0.2) is 14.8 Å². The molecule has 0 aliphatic heterocycles. The van der Waals surface area contributed by atoms with E-state index in [1.165, 1.54) is 11.8 Å². The Morgan fingerprint density at radius 3 is 2.73 bits per heavy atom. The first-order valence-electron chi connectivity index (χ1n) is 8.22. The van der Waals surface area contributed by atoms with Crippen molar-refractivity contribution in [1.82, 2.24) is 20.6 Å². The van der Waals surface area contributed by atoms with Gasteiger partial charge in [0.1, 0.15) is 11.6 Å². The van der Waals surface area contributed by atoms with Crippen molar-refractivity contribution in [2.75, 3.05) is 18.6 Å². The molecule has 0 aliphatic carbocycles. The zero-order chi connectivity index (χ0) is 19.2. The number of nitrogens with one attached hydrogen (secondary N) is 3. The lowest BCUT2D eigenvalue weighted by atomic mass is 10.1. The van der Waals surface area contributed by atoms with E-state index in [0.717, 1.165) is 17.1 Å². The van der Waals surface area contributed by atoms with Crippen molar-refractivity contribution in [2.24, 2.45) is 0 Å². The maximum atomic E-state index is 11.9. The molecule has 0 unspecified atom stereocenters.